The Kier molecular flexibility index (Phi) is 10.7. The van der Waals surface area contributed by atoms with Crippen LogP contribution in [-0.2, 0) is 0 Å². The zero-order valence-corrected chi connectivity index (χ0v) is 17.6. The SMILES string of the molecule is COc1ccccc1Nc1ncccc1C(=O)NCCC1CCCNC1.Cl.Cl. The summed E-state index contributed by atoms with van der Waals surface area (Å²) in [6.07, 6.45) is 5.11. The lowest BCUT2D eigenvalue weighted by molar-refractivity contribution is 0.0951. The molecule has 0 aliphatic carbocycles. The molecule has 0 saturated carbocycles. The molecule has 28 heavy (non-hydrogen) atoms. The number of para-hydroxylation sites is 2. The Morgan fingerprint density at radius 3 is 2.82 bits per heavy atom. The number of nitrogens with zero attached hydrogens (tertiary/aromatic N) is 1. The molecule has 1 aromatic carbocycles. The van der Waals surface area contributed by atoms with Crippen LogP contribution in [0, 0.1) is 5.92 Å². The number of carbonyl (C=O) groups excluding carboxylic acids is 1. The highest BCUT2D eigenvalue weighted by Crippen LogP contribution is 2.27. The van der Waals surface area contributed by atoms with Crippen LogP contribution in [0.4, 0.5) is 11.5 Å². The molecule has 154 valence electrons. The average molecular weight is 427 g/mol. The van der Waals surface area contributed by atoms with Crippen molar-refractivity contribution in [3.05, 3.63) is 48.2 Å². The van der Waals surface area contributed by atoms with Gasteiger partial charge in [-0.3, -0.25) is 4.79 Å². The summed E-state index contributed by atoms with van der Waals surface area (Å²) in [6.45, 7) is 2.83. The first kappa shape index (κ1) is 24.0. The van der Waals surface area contributed by atoms with Gasteiger partial charge in [-0.25, -0.2) is 4.98 Å². The van der Waals surface area contributed by atoms with E-state index in [9.17, 15) is 4.79 Å². The molecule has 1 amide bonds. The second-order valence-electron chi connectivity index (χ2n) is 6.48. The minimum absolute atomic E-state index is 0. The van der Waals surface area contributed by atoms with E-state index >= 15 is 0 Å². The molecule has 1 saturated heterocycles. The molecule has 1 unspecified atom stereocenters. The molecule has 3 N–H and O–H groups in total. The number of nitrogens with one attached hydrogen (secondary N) is 3. The van der Waals surface area contributed by atoms with Crippen LogP contribution in [0.3, 0.4) is 0 Å². The van der Waals surface area contributed by atoms with Crippen LogP contribution >= 0.6 is 24.8 Å². The highest BCUT2D eigenvalue weighted by molar-refractivity contribution is 5.99. The van der Waals surface area contributed by atoms with Gasteiger partial charge in [-0.05, 0) is 62.5 Å². The van der Waals surface area contributed by atoms with E-state index in [-0.39, 0.29) is 30.7 Å². The molecule has 6 nitrogen and oxygen atoms in total. The van der Waals surface area contributed by atoms with Crippen molar-refractivity contribution in [2.24, 2.45) is 5.92 Å². The molecular weight excluding hydrogens is 399 g/mol. The van der Waals surface area contributed by atoms with Crippen LogP contribution < -0.4 is 20.7 Å². The Morgan fingerprint density at radius 2 is 2.07 bits per heavy atom. The molecular formula is C20H28Cl2N4O2. The fourth-order valence-electron chi connectivity index (χ4n) is 3.22. The highest BCUT2D eigenvalue weighted by atomic mass is 35.5. The van der Waals surface area contributed by atoms with Crippen LogP contribution in [0.25, 0.3) is 0 Å². The molecule has 2 heterocycles. The molecule has 2 aromatic rings. The van der Waals surface area contributed by atoms with Crippen LogP contribution in [0.5, 0.6) is 5.75 Å². The molecule has 1 aromatic heterocycles. The molecule has 8 heteroatoms. The predicted molar refractivity (Wildman–Crippen MR) is 118 cm³/mol. The van der Waals surface area contributed by atoms with Gasteiger partial charge in [0.25, 0.3) is 5.91 Å². The quantitative estimate of drug-likeness (QED) is 0.627. The van der Waals surface area contributed by atoms with E-state index in [1.165, 1.54) is 12.8 Å². The summed E-state index contributed by atoms with van der Waals surface area (Å²) in [5.74, 6) is 1.76. The number of piperidine rings is 1. The van der Waals surface area contributed by atoms with Crippen molar-refractivity contribution in [2.75, 3.05) is 32.1 Å². The molecule has 1 aliphatic rings. The monoisotopic (exact) mass is 426 g/mol. The Bertz CT molecular complexity index is 740. The van der Waals surface area contributed by atoms with E-state index in [4.69, 9.17) is 4.74 Å². The van der Waals surface area contributed by atoms with E-state index in [0.717, 1.165) is 25.2 Å². The smallest absolute Gasteiger partial charge is 0.255 e. The van der Waals surface area contributed by atoms with Gasteiger partial charge in [-0.1, -0.05) is 12.1 Å². The summed E-state index contributed by atoms with van der Waals surface area (Å²) in [7, 11) is 1.62. The van der Waals surface area contributed by atoms with Crippen molar-refractivity contribution in [2.45, 2.75) is 19.3 Å². The number of methoxy groups -OCH3 is 1. The lowest BCUT2D eigenvalue weighted by Crippen LogP contribution is -2.33. The third-order valence-electron chi connectivity index (χ3n) is 4.65. The van der Waals surface area contributed by atoms with Crippen LogP contribution in [0.15, 0.2) is 42.6 Å². The average Bonchev–Trinajstić information content (AvgIpc) is 2.69. The Balaban J connectivity index is 0.00000196. The van der Waals surface area contributed by atoms with Gasteiger partial charge in [-0.2, -0.15) is 0 Å². The number of amides is 1. The number of ether oxygens (including phenoxy) is 1. The summed E-state index contributed by atoms with van der Waals surface area (Å²) in [4.78, 5) is 16.9. The zero-order chi connectivity index (χ0) is 18.2. The topological polar surface area (TPSA) is 75.3 Å². The van der Waals surface area contributed by atoms with E-state index < -0.39 is 0 Å². The standard InChI is InChI=1S/C20H26N4O2.2ClH/c1-26-18-9-3-2-8-17(18)24-19-16(7-5-12-22-19)20(25)23-13-10-15-6-4-11-21-14-15;;/h2-3,5,7-9,12,15,21H,4,6,10-11,13-14H2,1H3,(H,22,24)(H,23,25);2*1H. The maximum absolute atomic E-state index is 12.6. The lowest BCUT2D eigenvalue weighted by atomic mass is 9.96. The largest absolute Gasteiger partial charge is 0.495 e. The van der Waals surface area contributed by atoms with Crippen LogP contribution in [0.1, 0.15) is 29.6 Å². The molecule has 0 radical (unpaired) electrons. The maximum atomic E-state index is 12.6. The number of benzene rings is 1. The van der Waals surface area contributed by atoms with Gasteiger partial charge in [0.15, 0.2) is 0 Å². The number of rotatable bonds is 7. The lowest BCUT2D eigenvalue weighted by Gasteiger charge is -2.22. The normalized spacial score (nSPS) is 15.5. The van der Waals surface area contributed by atoms with Crippen molar-refractivity contribution < 1.29 is 9.53 Å². The van der Waals surface area contributed by atoms with Gasteiger partial charge in [0.2, 0.25) is 0 Å². The summed E-state index contributed by atoms with van der Waals surface area (Å²) in [6, 6.07) is 11.1. The van der Waals surface area contributed by atoms with Crippen molar-refractivity contribution in [1.29, 1.82) is 0 Å². The van der Waals surface area contributed by atoms with E-state index in [0.29, 0.717) is 29.6 Å². The third kappa shape index (κ3) is 6.55. The molecule has 1 fully saturated rings. The number of carbonyl (C=O) groups is 1. The number of halogens is 2. The van der Waals surface area contributed by atoms with Crippen LogP contribution in [0.2, 0.25) is 0 Å². The Morgan fingerprint density at radius 1 is 1.25 bits per heavy atom. The number of aromatic nitrogens is 1. The van der Waals surface area contributed by atoms with Gasteiger partial charge in [0.1, 0.15) is 11.6 Å². The fourth-order valence-corrected chi connectivity index (χ4v) is 3.22. The Hall–Kier alpha value is -2.02. The van der Waals surface area contributed by atoms with Crippen molar-refractivity contribution in [3.8, 4) is 5.75 Å². The summed E-state index contributed by atoms with van der Waals surface area (Å²) < 4.78 is 5.35. The number of hydrogen-bond acceptors (Lipinski definition) is 5. The van der Waals surface area contributed by atoms with Gasteiger partial charge < -0.3 is 20.7 Å². The maximum Gasteiger partial charge on any atom is 0.255 e. The summed E-state index contributed by atoms with van der Waals surface area (Å²) in [5, 5.41) is 9.64. The highest BCUT2D eigenvalue weighted by Gasteiger charge is 2.16. The minimum atomic E-state index is -0.112. The first-order valence-corrected chi connectivity index (χ1v) is 9.12. The third-order valence-corrected chi connectivity index (χ3v) is 4.65. The first-order chi connectivity index (χ1) is 12.8. The summed E-state index contributed by atoms with van der Waals surface area (Å²) >= 11 is 0. The van der Waals surface area contributed by atoms with Crippen molar-refractivity contribution in [3.63, 3.8) is 0 Å². The van der Waals surface area contributed by atoms with E-state index in [2.05, 4.69) is 20.9 Å². The van der Waals surface area contributed by atoms with E-state index in [1.807, 2.05) is 24.3 Å². The zero-order valence-electron chi connectivity index (χ0n) is 15.9. The molecule has 0 spiro atoms. The molecule has 1 aliphatic heterocycles. The van der Waals surface area contributed by atoms with Gasteiger partial charge in [0.05, 0.1) is 18.4 Å². The van der Waals surface area contributed by atoms with Gasteiger partial charge in [0, 0.05) is 12.7 Å². The molecule has 0 bridgehead atoms. The van der Waals surface area contributed by atoms with Gasteiger partial charge in [-0.15, -0.1) is 24.8 Å². The summed E-state index contributed by atoms with van der Waals surface area (Å²) in [5.41, 5.74) is 1.30. The fraction of sp³-hybridized carbons (Fsp3) is 0.400. The predicted octanol–water partition coefficient (Wildman–Crippen LogP) is 3.80. The minimum Gasteiger partial charge on any atom is -0.495 e. The number of pyridine rings is 1. The molecule has 3 rings (SSSR count). The van der Waals surface area contributed by atoms with E-state index in [1.54, 1.807) is 25.4 Å². The second-order valence-corrected chi connectivity index (χ2v) is 6.48. The first-order valence-electron chi connectivity index (χ1n) is 9.12. The van der Waals surface area contributed by atoms with Gasteiger partial charge >= 0.3 is 0 Å². The van der Waals surface area contributed by atoms with Crippen molar-refractivity contribution >= 4 is 42.2 Å². The van der Waals surface area contributed by atoms with Crippen LogP contribution in [-0.4, -0.2) is 37.6 Å². The number of hydrogen-bond donors (Lipinski definition) is 3. The number of anilines is 2. The Labute approximate surface area is 178 Å². The van der Waals surface area contributed by atoms with Crippen molar-refractivity contribution in [1.82, 2.24) is 15.6 Å². The molecule has 1 atom stereocenters. The second kappa shape index (κ2) is 12.4.